The van der Waals surface area contributed by atoms with Crippen LogP contribution in [0.3, 0.4) is 0 Å². The van der Waals surface area contributed by atoms with Crippen LogP contribution in [-0.4, -0.2) is 22.3 Å². The highest BCUT2D eigenvalue weighted by Gasteiger charge is 2.37. The van der Waals surface area contributed by atoms with Gasteiger partial charge in [0.25, 0.3) is 0 Å². The highest BCUT2D eigenvalue weighted by molar-refractivity contribution is 6.18. The van der Waals surface area contributed by atoms with Crippen LogP contribution in [0.5, 0.6) is 5.75 Å². The first-order chi connectivity index (χ1) is 12.4. The van der Waals surface area contributed by atoms with Crippen molar-refractivity contribution < 1.29 is 18.3 Å². The molecular formula is C19H16F3N3O. The number of aromatic hydroxyl groups is 1. The van der Waals surface area contributed by atoms with E-state index < -0.39 is 17.5 Å². The molecular weight excluding hydrogens is 343 g/mol. The summed E-state index contributed by atoms with van der Waals surface area (Å²) in [6, 6.07) is 3.62. The van der Waals surface area contributed by atoms with Crippen LogP contribution in [0.1, 0.15) is 46.6 Å². The largest absolute Gasteiger partial charge is 0.507 e. The first kappa shape index (κ1) is 16.6. The Balaban J connectivity index is 1.94. The van der Waals surface area contributed by atoms with Gasteiger partial charge in [-0.3, -0.25) is 9.98 Å². The number of nitrogens with two attached hydrogens (primary N) is 1. The fourth-order valence-electron chi connectivity index (χ4n) is 3.26. The summed E-state index contributed by atoms with van der Waals surface area (Å²) in [5.74, 6) is -0.413. The van der Waals surface area contributed by atoms with E-state index in [2.05, 4.69) is 9.98 Å². The van der Waals surface area contributed by atoms with Gasteiger partial charge < -0.3 is 10.8 Å². The molecule has 4 nitrogen and oxygen atoms in total. The molecule has 3 N–H and O–H groups in total. The van der Waals surface area contributed by atoms with Crippen LogP contribution in [0.4, 0.5) is 13.2 Å². The van der Waals surface area contributed by atoms with Gasteiger partial charge in [-0.1, -0.05) is 0 Å². The van der Waals surface area contributed by atoms with E-state index in [0.717, 1.165) is 25.0 Å². The summed E-state index contributed by atoms with van der Waals surface area (Å²) in [5, 5.41) is 10.5. The number of aliphatic imine (C=N–C) groups is 1. The van der Waals surface area contributed by atoms with Crippen LogP contribution in [0.25, 0.3) is 5.70 Å². The molecule has 7 heteroatoms. The number of hydrogen-bond acceptors (Lipinski definition) is 4. The second kappa shape index (κ2) is 5.86. The molecule has 1 saturated carbocycles. The van der Waals surface area contributed by atoms with E-state index in [1.54, 1.807) is 24.5 Å². The van der Waals surface area contributed by atoms with Crippen LogP contribution in [0, 0.1) is 0 Å². The Kier molecular flexibility index (Phi) is 3.75. The third-order valence-electron chi connectivity index (χ3n) is 4.68. The second-order valence-corrected chi connectivity index (χ2v) is 6.50. The van der Waals surface area contributed by atoms with Crippen molar-refractivity contribution in [3.8, 4) is 5.75 Å². The number of nitrogens with zero attached hydrogens (tertiary/aromatic N) is 2. The van der Waals surface area contributed by atoms with Crippen LogP contribution in [0.2, 0.25) is 0 Å². The molecule has 2 aliphatic rings. The van der Waals surface area contributed by atoms with E-state index in [-0.39, 0.29) is 12.5 Å². The van der Waals surface area contributed by atoms with Gasteiger partial charge in [-0.05, 0) is 48.6 Å². The topological polar surface area (TPSA) is 71.5 Å². The average Bonchev–Trinajstić information content (AvgIpc) is 3.43. The van der Waals surface area contributed by atoms with Gasteiger partial charge in [0.1, 0.15) is 5.75 Å². The number of hydrogen-bond donors (Lipinski definition) is 2. The molecule has 0 unspecified atom stereocenters. The van der Waals surface area contributed by atoms with Gasteiger partial charge in [0.2, 0.25) is 0 Å². The Bertz CT molecular complexity index is 944. The van der Waals surface area contributed by atoms with E-state index in [0.29, 0.717) is 33.7 Å². The van der Waals surface area contributed by atoms with E-state index in [1.165, 1.54) is 0 Å². The van der Waals surface area contributed by atoms with E-state index in [1.807, 2.05) is 0 Å². The molecule has 134 valence electrons. The first-order valence-electron chi connectivity index (χ1n) is 8.25. The average molecular weight is 359 g/mol. The Labute approximate surface area is 147 Å². The predicted octanol–water partition coefficient (Wildman–Crippen LogP) is 3.83. The summed E-state index contributed by atoms with van der Waals surface area (Å²) in [4.78, 5) is 8.57. The smallest absolute Gasteiger partial charge is 0.416 e. The van der Waals surface area contributed by atoms with Crippen molar-refractivity contribution in [2.45, 2.75) is 24.9 Å². The van der Waals surface area contributed by atoms with Crippen molar-refractivity contribution >= 4 is 11.4 Å². The minimum atomic E-state index is -4.52. The van der Waals surface area contributed by atoms with Crippen LogP contribution >= 0.6 is 0 Å². The molecule has 0 spiro atoms. The maximum atomic E-state index is 13.2. The van der Waals surface area contributed by atoms with Crippen molar-refractivity contribution in [3.63, 3.8) is 0 Å². The number of rotatable bonds is 2. The summed E-state index contributed by atoms with van der Waals surface area (Å²) in [6.07, 6.45) is 1.98. The lowest BCUT2D eigenvalue weighted by Crippen LogP contribution is -2.13. The van der Waals surface area contributed by atoms with Crippen LogP contribution < -0.4 is 5.73 Å². The zero-order chi connectivity index (χ0) is 18.5. The zero-order valence-electron chi connectivity index (χ0n) is 13.7. The van der Waals surface area contributed by atoms with Crippen molar-refractivity contribution in [2.24, 2.45) is 10.7 Å². The lowest BCUT2D eigenvalue weighted by Gasteiger charge is -2.18. The SMILES string of the molecule is NC1=CCN=C(c2c(O)cc(C(F)(F)F)cc2C2CC2)c2ccncc21. The molecule has 2 aromatic rings. The minimum absolute atomic E-state index is 0.000235. The maximum Gasteiger partial charge on any atom is 0.416 e. The van der Waals surface area contributed by atoms with Gasteiger partial charge in [0.15, 0.2) is 0 Å². The molecule has 1 aromatic carbocycles. The van der Waals surface area contributed by atoms with E-state index in [9.17, 15) is 18.3 Å². The number of alkyl halides is 3. The van der Waals surface area contributed by atoms with Gasteiger partial charge in [-0.25, -0.2) is 0 Å². The Morgan fingerprint density at radius 1 is 1.15 bits per heavy atom. The number of phenols is 1. The fourth-order valence-corrected chi connectivity index (χ4v) is 3.26. The molecule has 0 radical (unpaired) electrons. The number of phenolic OH excluding ortho intramolecular Hbond substituents is 1. The third-order valence-corrected chi connectivity index (χ3v) is 4.68. The Hall–Kier alpha value is -2.83. The van der Waals surface area contributed by atoms with Crippen molar-refractivity contribution in [1.82, 2.24) is 4.98 Å². The van der Waals surface area contributed by atoms with Gasteiger partial charge >= 0.3 is 6.18 Å². The summed E-state index contributed by atoms with van der Waals surface area (Å²) in [6.45, 7) is 0.278. The molecule has 1 aliphatic heterocycles. The lowest BCUT2D eigenvalue weighted by molar-refractivity contribution is -0.137. The fraction of sp³-hybridized carbons (Fsp3) is 0.263. The molecule has 0 amide bonds. The van der Waals surface area contributed by atoms with E-state index >= 15 is 0 Å². The van der Waals surface area contributed by atoms with E-state index in [4.69, 9.17) is 5.73 Å². The van der Waals surface area contributed by atoms with Gasteiger partial charge in [0, 0.05) is 34.8 Å². The van der Waals surface area contributed by atoms with Crippen LogP contribution in [0.15, 0.2) is 41.7 Å². The Morgan fingerprint density at radius 2 is 1.92 bits per heavy atom. The van der Waals surface area contributed by atoms with Gasteiger partial charge in [0.05, 0.1) is 17.8 Å². The summed E-state index contributed by atoms with van der Waals surface area (Å²) >= 11 is 0. The molecule has 1 aliphatic carbocycles. The summed E-state index contributed by atoms with van der Waals surface area (Å²) in [5.41, 5.74) is 8.32. The molecule has 2 heterocycles. The second-order valence-electron chi connectivity index (χ2n) is 6.50. The number of aromatic nitrogens is 1. The molecule has 0 atom stereocenters. The quantitative estimate of drug-likeness (QED) is 0.856. The van der Waals surface area contributed by atoms with Crippen molar-refractivity contribution in [1.29, 1.82) is 0 Å². The monoisotopic (exact) mass is 359 g/mol. The highest BCUT2D eigenvalue weighted by Crippen LogP contribution is 2.47. The van der Waals surface area contributed by atoms with Gasteiger partial charge in [-0.2, -0.15) is 13.2 Å². The van der Waals surface area contributed by atoms with Crippen molar-refractivity contribution in [2.75, 3.05) is 6.54 Å². The normalized spacial score (nSPS) is 17.2. The molecule has 26 heavy (non-hydrogen) atoms. The summed E-state index contributed by atoms with van der Waals surface area (Å²) in [7, 11) is 0. The third kappa shape index (κ3) is 2.83. The number of fused-ring (bicyclic) bond motifs is 1. The molecule has 4 rings (SSSR count). The standard InChI is InChI=1S/C19H16F3N3O/c20-19(21,22)11-7-13(10-1-2-10)17(16(26)8-11)18-12-3-5-24-9-14(12)15(23)4-6-25-18/h3-5,7-10,26H,1-2,6,23H2. The van der Waals surface area contributed by atoms with Crippen LogP contribution in [-0.2, 0) is 6.18 Å². The number of pyridine rings is 1. The number of benzene rings is 1. The number of halogens is 3. The van der Waals surface area contributed by atoms with Crippen molar-refractivity contribution in [3.05, 3.63) is 64.5 Å². The molecule has 1 aromatic heterocycles. The predicted molar refractivity (Wildman–Crippen MR) is 92.0 cm³/mol. The lowest BCUT2D eigenvalue weighted by atomic mass is 9.90. The maximum absolute atomic E-state index is 13.2. The molecule has 1 fully saturated rings. The summed E-state index contributed by atoms with van der Waals surface area (Å²) < 4.78 is 39.6. The molecule has 0 bridgehead atoms. The van der Waals surface area contributed by atoms with Gasteiger partial charge in [-0.15, -0.1) is 0 Å². The first-order valence-corrected chi connectivity index (χ1v) is 8.25. The Morgan fingerprint density at radius 3 is 2.62 bits per heavy atom. The minimum Gasteiger partial charge on any atom is -0.507 e. The molecule has 0 saturated heterocycles. The highest BCUT2D eigenvalue weighted by atomic mass is 19.4. The zero-order valence-corrected chi connectivity index (χ0v) is 13.7.